The van der Waals surface area contributed by atoms with Gasteiger partial charge < -0.3 is 9.52 Å². The largest absolute Gasteiger partial charge is 0.475 e. The normalized spacial score (nSPS) is 11.3. The number of aryl methyl sites for hydroxylation is 2. The third-order valence-corrected chi connectivity index (χ3v) is 6.14. The Balaban J connectivity index is 1.86. The lowest BCUT2D eigenvalue weighted by Crippen LogP contribution is -2.26. The molecule has 0 fully saturated rings. The van der Waals surface area contributed by atoms with Crippen molar-refractivity contribution in [3.8, 4) is 0 Å². The molecule has 0 aliphatic rings. The van der Waals surface area contributed by atoms with Crippen LogP contribution in [0.15, 0.2) is 45.6 Å². The van der Waals surface area contributed by atoms with Crippen LogP contribution in [0.5, 0.6) is 0 Å². The number of carbonyl (C=O) groups is 1. The van der Waals surface area contributed by atoms with E-state index < -0.39 is 5.97 Å². The van der Waals surface area contributed by atoms with Crippen molar-refractivity contribution in [2.24, 2.45) is 0 Å². The predicted molar refractivity (Wildman–Crippen MR) is 112 cm³/mol. The fourth-order valence-electron chi connectivity index (χ4n) is 3.23. The molecule has 1 N–H and O–H groups in total. The lowest BCUT2D eigenvalue weighted by atomic mass is 10.1. The van der Waals surface area contributed by atoms with E-state index in [4.69, 9.17) is 26.1 Å². The van der Waals surface area contributed by atoms with E-state index in [1.54, 1.807) is 16.7 Å². The second-order valence-electron chi connectivity index (χ2n) is 6.76. The van der Waals surface area contributed by atoms with Crippen LogP contribution < -0.4 is 5.56 Å². The maximum atomic E-state index is 13.3. The topological polar surface area (TPSA) is 85.3 Å². The van der Waals surface area contributed by atoms with Crippen LogP contribution in [-0.2, 0) is 13.0 Å². The van der Waals surface area contributed by atoms with Gasteiger partial charge >= 0.3 is 5.97 Å². The molecule has 0 amide bonds. The number of aromatic nitrogens is 2. The van der Waals surface area contributed by atoms with Gasteiger partial charge in [-0.1, -0.05) is 23.7 Å². The first-order valence-corrected chi connectivity index (χ1v) is 10.1. The smallest absolute Gasteiger partial charge is 0.371 e. The maximum Gasteiger partial charge on any atom is 0.371 e. The number of furan rings is 1. The third kappa shape index (κ3) is 3.71. The number of rotatable bonds is 5. The zero-order chi connectivity index (χ0) is 20.7. The standard InChI is InChI=1S/C21H17ClN2O4S/c1-11-12(2)29-19-18(11)20(25)24(10-15-6-7-16(28-15)21(26)27)17(23-19)9-13-4-3-5-14(22)8-13/h3-8H,9-10H2,1-2H3,(H,26,27). The van der Waals surface area contributed by atoms with Gasteiger partial charge in [-0.25, -0.2) is 9.78 Å². The number of carboxylic acid groups (broad SMARTS) is 1. The summed E-state index contributed by atoms with van der Waals surface area (Å²) in [6, 6.07) is 10.3. The summed E-state index contributed by atoms with van der Waals surface area (Å²) in [6.45, 7) is 3.97. The Morgan fingerprint density at radius 3 is 2.76 bits per heavy atom. The second-order valence-corrected chi connectivity index (χ2v) is 8.40. The minimum atomic E-state index is -1.15. The summed E-state index contributed by atoms with van der Waals surface area (Å²) in [6.07, 6.45) is 0.411. The molecule has 0 saturated heterocycles. The van der Waals surface area contributed by atoms with Crippen LogP contribution in [0.1, 0.15) is 38.1 Å². The number of carboxylic acids is 1. The van der Waals surface area contributed by atoms with E-state index >= 15 is 0 Å². The van der Waals surface area contributed by atoms with Crippen molar-refractivity contribution in [2.45, 2.75) is 26.8 Å². The fourth-order valence-corrected chi connectivity index (χ4v) is 4.48. The van der Waals surface area contributed by atoms with Crippen molar-refractivity contribution in [1.82, 2.24) is 9.55 Å². The molecule has 4 rings (SSSR count). The number of halogens is 1. The van der Waals surface area contributed by atoms with E-state index in [2.05, 4.69) is 0 Å². The predicted octanol–water partition coefficient (Wildman–Crippen LogP) is 4.66. The van der Waals surface area contributed by atoms with Crippen molar-refractivity contribution in [3.05, 3.63) is 85.1 Å². The first kappa shape index (κ1) is 19.4. The summed E-state index contributed by atoms with van der Waals surface area (Å²) in [7, 11) is 0. The van der Waals surface area contributed by atoms with Gasteiger partial charge in [-0.15, -0.1) is 11.3 Å². The third-order valence-electron chi connectivity index (χ3n) is 4.81. The van der Waals surface area contributed by atoms with Gasteiger partial charge in [-0.3, -0.25) is 9.36 Å². The number of fused-ring (bicyclic) bond motifs is 1. The Bertz CT molecular complexity index is 1300. The number of hydrogen-bond acceptors (Lipinski definition) is 5. The highest BCUT2D eigenvalue weighted by Crippen LogP contribution is 2.27. The zero-order valence-corrected chi connectivity index (χ0v) is 17.3. The fraction of sp³-hybridized carbons (Fsp3) is 0.190. The van der Waals surface area contributed by atoms with E-state index in [0.717, 1.165) is 16.0 Å². The lowest BCUT2D eigenvalue weighted by molar-refractivity contribution is 0.0660. The summed E-state index contributed by atoms with van der Waals surface area (Å²) >= 11 is 7.60. The molecule has 0 radical (unpaired) electrons. The minimum Gasteiger partial charge on any atom is -0.475 e. The Morgan fingerprint density at radius 2 is 2.07 bits per heavy atom. The van der Waals surface area contributed by atoms with E-state index in [1.165, 1.54) is 17.4 Å². The summed E-state index contributed by atoms with van der Waals surface area (Å²) < 4.78 is 6.92. The average molecular weight is 429 g/mol. The molecule has 1 aromatic carbocycles. The highest BCUT2D eigenvalue weighted by molar-refractivity contribution is 7.18. The molecule has 0 unspecified atom stereocenters. The molecule has 148 valence electrons. The quantitative estimate of drug-likeness (QED) is 0.499. The molecule has 8 heteroatoms. The average Bonchev–Trinajstić information content (AvgIpc) is 3.24. The molecule has 0 spiro atoms. The van der Waals surface area contributed by atoms with Crippen molar-refractivity contribution in [2.75, 3.05) is 0 Å². The molecule has 0 aliphatic heterocycles. The molecule has 0 bridgehead atoms. The van der Waals surface area contributed by atoms with E-state index in [-0.39, 0.29) is 17.9 Å². The van der Waals surface area contributed by atoms with Gasteiger partial charge in [0.25, 0.3) is 5.56 Å². The Labute approximate surface area is 175 Å². The number of thiophene rings is 1. The molecule has 0 aliphatic carbocycles. The first-order chi connectivity index (χ1) is 13.8. The van der Waals surface area contributed by atoms with E-state index in [0.29, 0.717) is 33.2 Å². The van der Waals surface area contributed by atoms with Crippen LogP contribution >= 0.6 is 22.9 Å². The van der Waals surface area contributed by atoms with Crippen LogP contribution in [0, 0.1) is 13.8 Å². The minimum absolute atomic E-state index is 0.0965. The lowest BCUT2D eigenvalue weighted by Gasteiger charge is -2.12. The summed E-state index contributed by atoms with van der Waals surface area (Å²) in [5.74, 6) is -0.372. The zero-order valence-electron chi connectivity index (χ0n) is 15.7. The molecule has 4 aromatic rings. The molecule has 0 atom stereocenters. The van der Waals surface area contributed by atoms with Crippen LogP contribution in [0.2, 0.25) is 5.02 Å². The van der Waals surface area contributed by atoms with E-state index in [1.807, 2.05) is 32.0 Å². The molecule has 29 heavy (non-hydrogen) atoms. The molecular formula is C21H17ClN2O4S. The van der Waals surface area contributed by atoms with Crippen LogP contribution in [0.4, 0.5) is 0 Å². The molecule has 3 heterocycles. The van der Waals surface area contributed by atoms with Crippen LogP contribution in [0.3, 0.4) is 0 Å². The molecule has 0 saturated carbocycles. The molecular weight excluding hydrogens is 412 g/mol. The monoisotopic (exact) mass is 428 g/mol. The first-order valence-electron chi connectivity index (χ1n) is 8.89. The van der Waals surface area contributed by atoms with Crippen LogP contribution in [0.25, 0.3) is 10.2 Å². The Morgan fingerprint density at radius 1 is 1.28 bits per heavy atom. The summed E-state index contributed by atoms with van der Waals surface area (Å²) in [5.41, 5.74) is 1.67. The van der Waals surface area contributed by atoms with Crippen molar-refractivity contribution < 1.29 is 14.3 Å². The molecule has 3 aromatic heterocycles. The number of aromatic carboxylic acids is 1. The van der Waals surface area contributed by atoms with Crippen molar-refractivity contribution in [3.63, 3.8) is 0 Å². The van der Waals surface area contributed by atoms with Gasteiger partial charge in [-0.2, -0.15) is 0 Å². The van der Waals surface area contributed by atoms with Gasteiger partial charge in [0.1, 0.15) is 16.4 Å². The van der Waals surface area contributed by atoms with Gasteiger partial charge in [-0.05, 0) is 49.2 Å². The van der Waals surface area contributed by atoms with Gasteiger partial charge in [0.15, 0.2) is 0 Å². The Hall–Kier alpha value is -2.90. The SMILES string of the molecule is Cc1sc2nc(Cc3cccc(Cl)c3)n(Cc3ccc(C(=O)O)o3)c(=O)c2c1C. The number of hydrogen-bond donors (Lipinski definition) is 1. The maximum absolute atomic E-state index is 13.3. The van der Waals surface area contributed by atoms with Gasteiger partial charge in [0, 0.05) is 16.3 Å². The van der Waals surface area contributed by atoms with Crippen molar-refractivity contribution >= 4 is 39.1 Å². The van der Waals surface area contributed by atoms with E-state index in [9.17, 15) is 9.59 Å². The highest BCUT2D eigenvalue weighted by Gasteiger charge is 2.18. The summed E-state index contributed by atoms with van der Waals surface area (Å²) in [4.78, 5) is 30.9. The highest BCUT2D eigenvalue weighted by atomic mass is 35.5. The Kier molecular flexibility index (Phi) is 5.02. The number of nitrogens with zero attached hydrogens (tertiary/aromatic N) is 2. The van der Waals surface area contributed by atoms with Gasteiger partial charge in [0.2, 0.25) is 5.76 Å². The van der Waals surface area contributed by atoms with Crippen LogP contribution in [-0.4, -0.2) is 20.6 Å². The number of benzene rings is 1. The van der Waals surface area contributed by atoms with Crippen molar-refractivity contribution in [1.29, 1.82) is 0 Å². The molecule has 6 nitrogen and oxygen atoms in total. The van der Waals surface area contributed by atoms with Gasteiger partial charge in [0.05, 0.1) is 11.9 Å². The summed E-state index contributed by atoms with van der Waals surface area (Å²) in [5, 5.41) is 10.3. The second kappa shape index (κ2) is 7.50.